The van der Waals surface area contributed by atoms with E-state index in [0.717, 1.165) is 39.0 Å². The number of hydrogen-bond donors (Lipinski definition) is 2. The number of piperidine rings is 1. The Morgan fingerprint density at radius 2 is 1.87 bits per heavy atom. The van der Waals surface area contributed by atoms with Gasteiger partial charge in [0.05, 0.1) is 6.54 Å². The largest absolute Gasteiger partial charge is 0.343 e. The number of benzene rings is 1. The van der Waals surface area contributed by atoms with Gasteiger partial charge in [-0.15, -0.1) is 0 Å². The van der Waals surface area contributed by atoms with Crippen LogP contribution >= 0.6 is 0 Å². The molecule has 2 fully saturated rings. The summed E-state index contributed by atoms with van der Waals surface area (Å²) < 4.78 is 0. The van der Waals surface area contributed by atoms with Crippen LogP contribution in [0, 0.1) is 0 Å². The van der Waals surface area contributed by atoms with E-state index < -0.39 is 0 Å². The van der Waals surface area contributed by atoms with Crippen LogP contribution in [-0.4, -0.2) is 49.4 Å². The molecule has 2 saturated heterocycles. The number of hydrogen-bond acceptors (Lipinski definition) is 3. The Labute approximate surface area is 137 Å². The molecule has 0 spiro atoms. The fourth-order valence-electron chi connectivity index (χ4n) is 3.38. The summed E-state index contributed by atoms with van der Waals surface area (Å²) in [7, 11) is 0. The molecule has 5 heteroatoms. The van der Waals surface area contributed by atoms with Gasteiger partial charge >= 0.3 is 0 Å². The number of carbonyl (C=O) groups excluding carboxylic acids is 2. The molecule has 0 aromatic heterocycles. The maximum Gasteiger partial charge on any atom is 0.251 e. The highest BCUT2D eigenvalue weighted by molar-refractivity contribution is 5.96. The van der Waals surface area contributed by atoms with Crippen LogP contribution in [0.5, 0.6) is 0 Å². The molecule has 0 saturated carbocycles. The molecule has 1 unspecified atom stereocenters. The van der Waals surface area contributed by atoms with E-state index in [4.69, 9.17) is 0 Å². The molecule has 2 aliphatic heterocycles. The van der Waals surface area contributed by atoms with Crippen molar-refractivity contribution in [3.05, 3.63) is 35.4 Å². The van der Waals surface area contributed by atoms with Crippen molar-refractivity contribution < 1.29 is 9.59 Å². The van der Waals surface area contributed by atoms with Crippen LogP contribution in [-0.2, 0) is 4.79 Å². The average Bonchev–Trinajstić information content (AvgIpc) is 3.15. The molecule has 23 heavy (non-hydrogen) atoms. The lowest BCUT2D eigenvalue weighted by Gasteiger charge is -2.23. The Bertz CT molecular complexity index is 544. The number of nitrogens with one attached hydrogen (secondary N) is 2. The van der Waals surface area contributed by atoms with E-state index in [1.54, 1.807) is 0 Å². The third kappa shape index (κ3) is 4.10. The van der Waals surface area contributed by atoms with E-state index in [-0.39, 0.29) is 18.4 Å². The predicted molar refractivity (Wildman–Crippen MR) is 89.4 cm³/mol. The Morgan fingerprint density at radius 3 is 2.52 bits per heavy atom. The summed E-state index contributed by atoms with van der Waals surface area (Å²) in [6.45, 7) is 3.84. The van der Waals surface area contributed by atoms with Crippen LogP contribution in [0.15, 0.2) is 24.3 Å². The maximum absolute atomic E-state index is 12.2. The van der Waals surface area contributed by atoms with E-state index in [9.17, 15) is 9.59 Å². The van der Waals surface area contributed by atoms with Crippen molar-refractivity contribution >= 4 is 11.8 Å². The summed E-state index contributed by atoms with van der Waals surface area (Å²) in [6.07, 6.45) is 4.53. The number of likely N-dealkylation sites (tertiary alicyclic amines) is 1. The molecule has 2 amide bonds. The molecule has 2 aliphatic rings. The molecular weight excluding hydrogens is 290 g/mol. The second kappa shape index (κ2) is 7.59. The first-order valence-corrected chi connectivity index (χ1v) is 8.61. The van der Waals surface area contributed by atoms with Crippen LogP contribution in [0.1, 0.15) is 47.5 Å². The third-order valence-corrected chi connectivity index (χ3v) is 4.80. The van der Waals surface area contributed by atoms with Crippen molar-refractivity contribution in [3.63, 3.8) is 0 Å². The van der Waals surface area contributed by atoms with E-state index in [0.29, 0.717) is 11.5 Å². The first kappa shape index (κ1) is 16.0. The lowest BCUT2D eigenvalue weighted by atomic mass is 9.91. The zero-order valence-corrected chi connectivity index (χ0v) is 13.5. The van der Waals surface area contributed by atoms with Gasteiger partial charge in [0.15, 0.2) is 0 Å². The highest BCUT2D eigenvalue weighted by Gasteiger charge is 2.19. The summed E-state index contributed by atoms with van der Waals surface area (Å²) in [4.78, 5) is 25.9. The minimum absolute atomic E-state index is 0.0146. The van der Waals surface area contributed by atoms with Crippen molar-refractivity contribution in [1.82, 2.24) is 15.5 Å². The molecular formula is C18H25N3O2. The minimum Gasteiger partial charge on any atom is -0.343 e. The van der Waals surface area contributed by atoms with E-state index in [1.165, 1.54) is 18.4 Å². The van der Waals surface area contributed by atoms with Crippen LogP contribution in [0.25, 0.3) is 0 Å². The normalized spacial score (nSPS) is 21.2. The van der Waals surface area contributed by atoms with Gasteiger partial charge in [-0.1, -0.05) is 12.1 Å². The standard InChI is InChI=1S/C18H25N3O2/c22-17(21-10-1-2-11-21)13-20-18(23)15-7-5-14(6-8-15)16-4-3-9-19-12-16/h5-8,16,19H,1-4,9-13H2,(H,20,23). The lowest BCUT2D eigenvalue weighted by molar-refractivity contribution is -0.129. The second-order valence-corrected chi connectivity index (χ2v) is 6.44. The average molecular weight is 315 g/mol. The van der Waals surface area contributed by atoms with Gasteiger partial charge in [-0.3, -0.25) is 9.59 Å². The van der Waals surface area contributed by atoms with Crippen molar-refractivity contribution in [2.24, 2.45) is 0 Å². The Balaban J connectivity index is 1.51. The van der Waals surface area contributed by atoms with Gasteiger partial charge in [-0.25, -0.2) is 0 Å². The summed E-state index contributed by atoms with van der Waals surface area (Å²) in [6, 6.07) is 7.79. The van der Waals surface area contributed by atoms with E-state index in [1.807, 2.05) is 29.2 Å². The van der Waals surface area contributed by atoms with Gasteiger partial charge in [-0.05, 0) is 55.8 Å². The fourth-order valence-corrected chi connectivity index (χ4v) is 3.38. The summed E-state index contributed by atoms with van der Waals surface area (Å²) >= 11 is 0. The van der Waals surface area contributed by atoms with E-state index in [2.05, 4.69) is 10.6 Å². The number of rotatable bonds is 4. The maximum atomic E-state index is 12.2. The third-order valence-electron chi connectivity index (χ3n) is 4.80. The zero-order chi connectivity index (χ0) is 16.1. The molecule has 5 nitrogen and oxygen atoms in total. The fraction of sp³-hybridized carbons (Fsp3) is 0.556. The molecule has 0 radical (unpaired) electrons. The van der Waals surface area contributed by atoms with Gasteiger partial charge < -0.3 is 15.5 Å². The van der Waals surface area contributed by atoms with Crippen molar-refractivity contribution in [3.8, 4) is 0 Å². The molecule has 1 atom stereocenters. The Morgan fingerprint density at radius 1 is 1.13 bits per heavy atom. The Kier molecular flexibility index (Phi) is 5.28. The number of nitrogens with zero attached hydrogens (tertiary/aromatic N) is 1. The molecule has 0 aliphatic carbocycles. The lowest BCUT2D eigenvalue weighted by Crippen LogP contribution is -2.38. The van der Waals surface area contributed by atoms with Gasteiger partial charge in [-0.2, -0.15) is 0 Å². The van der Waals surface area contributed by atoms with Crippen LogP contribution in [0.2, 0.25) is 0 Å². The van der Waals surface area contributed by atoms with Crippen LogP contribution in [0.4, 0.5) is 0 Å². The molecule has 2 N–H and O–H groups in total. The minimum atomic E-state index is -0.175. The van der Waals surface area contributed by atoms with Crippen molar-refractivity contribution in [2.75, 3.05) is 32.7 Å². The highest BCUT2D eigenvalue weighted by atomic mass is 16.2. The molecule has 1 aromatic carbocycles. The van der Waals surface area contributed by atoms with Crippen LogP contribution in [0.3, 0.4) is 0 Å². The SMILES string of the molecule is O=C(NCC(=O)N1CCCC1)c1ccc(C2CCCNC2)cc1. The van der Waals surface area contributed by atoms with E-state index >= 15 is 0 Å². The first-order valence-electron chi connectivity index (χ1n) is 8.61. The summed E-state index contributed by atoms with van der Waals surface area (Å²) in [5.41, 5.74) is 1.90. The van der Waals surface area contributed by atoms with Crippen molar-refractivity contribution in [1.29, 1.82) is 0 Å². The predicted octanol–water partition coefficient (Wildman–Crippen LogP) is 1.51. The first-order chi connectivity index (χ1) is 11.2. The molecule has 124 valence electrons. The van der Waals surface area contributed by atoms with Gasteiger partial charge in [0.25, 0.3) is 5.91 Å². The zero-order valence-electron chi connectivity index (χ0n) is 13.5. The van der Waals surface area contributed by atoms with Gasteiger partial charge in [0, 0.05) is 25.2 Å². The highest BCUT2D eigenvalue weighted by Crippen LogP contribution is 2.23. The van der Waals surface area contributed by atoms with Gasteiger partial charge in [0.1, 0.15) is 0 Å². The van der Waals surface area contributed by atoms with Crippen LogP contribution < -0.4 is 10.6 Å². The van der Waals surface area contributed by atoms with Crippen molar-refractivity contribution in [2.45, 2.75) is 31.6 Å². The number of amides is 2. The second-order valence-electron chi connectivity index (χ2n) is 6.44. The number of carbonyl (C=O) groups is 2. The summed E-state index contributed by atoms with van der Waals surface area (Å²) in [5.74, 6) is 0.379. The molecule has 0 bridgehead atoms. The topological polar surface area (TPSA) is 61.4 Å². The van der Waals surface area contributed by atoms with Gasteiger partial charge in [0.2, 0.25) is 5.91 Å². The quantitative estimate of drug-likeness (QED) is 0.885. The molecule has 2 heterocycles. The monoisotopic (exact) mass is 315 g/mol. The smallest absolute Gasteiger partial charge is 0.251 e. The summed E-state index contributed by atoms with van der Waals surface area (Å²) in [5, 5.41) is 6.14. The Hall–Kier alpha value is -1.88. The molecule has 3 rings (SSSR count). The molecule has 1 aromatic rings.